The van der Waals surface area contributed by atoms with Crippen LogP contribution in [0.25, 0.3) is 0 Å². The van der Waals surface area contributed by atoms with E-state index in [4.69, 9.17) is 16.6 Å². The molecule has 21 nitrogen and oxygen atoms in total. The van der Waals surface area contributed by atoms with Crippen molar-refractivity contribution in [3.63, 3.8) is 0 Å². The number of nitrogens with two attached hydrogens (primary N) is 2. The van der Waals surface area contributed by atoms with Crippen LogP contribution < -0.4 is 43.4 Å². The van der Waals surface area contributed by atoms with Crippen molar-refractivity contribution in [3.8, 4) is 5.75 Å². The SMILES string of the molecule is CSCC[C@H](NC(=O)[C@H](CS)NC(=O)[C@@H](NC(=O)[C@H](CC(=O)O)NC(=O)[C@@H](N)CCC(=O)O)C(C)C)C(=O)N[C@@H](Cc1ccc(O)cc1)C(=O)N[C@@H](CCCCN)C(=O)O. The van der Waals surface area contributed by atoms with Crippen LogP contribution in [0, 0.1) is 5.92 Å². The van der Waals surface area contributed by atoms with E-state index in [1.807, 2.05) is 0 Å². The zero-order valence-corrected chi connectivity index (χ0v) is 35.4. The number of carbonyl (C=O) groups excluding carboxylic acids is 6. The minimum Gasteiger partial charge on any atom is -0.508 e. The molecule has 0 fully saturated rings. The third kappa shape index (κ3) is 19.7. The number of rotatable bonds is 29. The molecule has 0 spiro atoms. The van der Waals surface area contributed by atoms with E-state index in [1.54, 1.807) is 20.1 Å². The largest absolute Gasteiger partial charge is 0.508 e. The van der Waals surface area contributed by atoms with E-state index in [9.17, 15) is 58.5 Å². The van der Waals surface area contributed by atoms with Gasteiger partial charge in [0.05, 0.1) is 12.5 Å². The van der Waals surface area contributed by atoms with Crippen molar-refractivity contribution in [2.24, 2.45) is 17.4 Å². The summed E-state index contributed by atoms with van der Waals surface area (Å²) in [7, 11) is 0. The number of benzene rings is 1. The molecule has 6 amide bonds. The van der Waals surface area contributed by atoms with E-state index in [0.29, 0.717) is 30.7 Å². The number of thiol groups is 1. The number of carbonyl (C=O) groups is 9. The van der Waals surface area contributed by atoms with Gasteiger partial charge < -0.3 is 63.8 Å². The van der Waals surface area contributed by atoms with Gasteiger partial charge in [0, 0.05) is 18.6 Å². The topological polar surface area (TPSA) is 359 Å². The van der Waals surface area contributed by atoms with Crippen LogP contribution >= 0.6 is 24.4 Å². The van der Waals surface area contributed by atoms with E-state index in [2.05, 4.69) is 44.5 Å². The Balaban J connectivity index is 3.25. The fourth-order valence-electron chi connectivity index (χ4n) is 5.47. The Morgan fingerprint density at radius 1 is 0.667 bits per heavy atom. The summed E-state index contributed by atoms with van der Waals surface area (Å²) < 4.78 is 0. The summed E-state index contributed by atoms with van der Waals surface area (Å²) in [6.07, 6.45) is 1.02. The highest BCUT2D eigenvalue weighted by molar-refractivity contribution is 7.98. The Kier molecular flexibility index (Phi) is 24.3. The summed E-state index contributed by atoms with van der Waals surface area (Å²) in [5.41, 5.74) is 11.7. The van der Waals surface area contributed by atoms with Crippen molar-refractivity contribution in [2.75, 3.05) is 24.3 Å². The normalized spacial score (nSPS) is 14.5. The van der Waals surface area contributed by atoms with Gasteiger partial charge >= 0.3 is 17.9 Å². The Bertz CT molecular complexity index is 1640. The second-order valence-electron chi connectivity index (χ2n) is 14.1. The van der Waals surface area contributed by atoms with Gasteiger partial charge in [0.15, 0.2) is 0 Å². The van der Waals surface area contributed by atoms with E-state index in [-0.39, 0.29) is 37.2 Å². The Morgan fingerprint density at radius 3 is 1.73 bits per heavy atom. The van der Waals surface area contributed by atoms with Gasteiger partial charge in [-0.25, -0.2) is 4.79 Å². The summed E-state index contributed by atoms with van der Waals surface area (Å²) in [5.74, 6) is -10.1. The third-order valence-corrected chi connectivity index (χ3v) is 9.90. The van der Waals surface area contributed by atoms with Crippen LogP contribution in [0.15, 0.2) is 24.3 Å². The molecular weight excluding hydrogens is 829 g/mol. The number of carboxylic acid groups (broad SMARTS) is 3. The van der Waals surface area contributed by atoms with Crippen molar-refractivity contribution >= 4 is 77.7 Å². The zero-order chi connectivity index (χ0) is 45.5. The molecule has 0 radical (unpaired) electrons. The average molecular weight is 887 g/mol. The molecule has 1 rings (SSSR count). The van der Waals surface area contributed by atoms with Gasteiger partial charge in [-0.1, -0.05) is 26.0 Å². The first-order valence-corrected chi connectivity index (χ1v) is 21.1. The summed E-state index contributed by atoms with van der Waals surface area (Å²) in [4.78, 5) is 115. The minimum absolute atomic E-state index is 0.0507. The first-order valence-electron chi connectivity index (χ1n) is 19.1. The van der Waals surface area contributed by atoms with Crippen molar-refractivity contribution in [2.45, 2.75) is 108 Å². The van der Waals surface area contributed by atoms with Crippen LogP contribution in [-0.4, -0.2) is 140 Å². The van der Waals surface area contributed by atoms with Crippen LogP contribution in [0.1, 0.15) is 64.4 Å². The molecule has 0 aliphatic rings. The zero-order valence-electron chi connectivity index (χ0n) is 33.7. The highest BCUT2D eigenvalue weighted by Gasteiger charge is 2.35. The molecule has 0 saturated heterocycles. The molecule has 60 heavy (non-hydrogen) atoms. The Morgan fingerprint density at radius 2 is 1.20 bits per heavy atom. The number of hydrogen-bond acceptors (Lipinski definition) is 14. The van der Waals surface area contributed by atoms with E-state index in [0.717, 1.165) is 0 Å². The molecular formula is C37H58N8O13S2. The molecule has 0 aliphatic carbocycles. The first-order chi connectivity index (χ1) is 28.2. The minimum atomic E-state index is -1.72. The fraction of sp³-hybridized carbons (Fsp3) is 0.595. The van der Waals surface area contributed by atoms with Crippen LogP contribution in [0.3, 0.4) is 0 Å². The molecule has 0 heterocycles. The third-order valence-electron chi connectivity index (χ3n) is 8.89. The molecule has 23 heteroatoms. The predicted octanol–water partition coefficient (Wildman–Crippen LogP) is -1.94. The summed E-state index contributed by atoms with van der Waals surface area (Å²) >= 11 is 5.54. The van der Waals surface area contributed by atoms with E-state index in [1.165, 1.54) is 36.0 Å². The number of amides is 6. The molecule has 336 valence electrons. The number of unbranched alkanes of at least 4 members (excludes halogenated alkanes) is 1. The summed E-state index contributed by atoms with van der Waals surface area (Å²) in [5, 5.41) is 52.4. The van der Waals surface area contributed by atoms with Gasteiger partial charge in [-0.3, -0.25) is 38.4 Å². The van der Waals surface area contributed by atoms with Crippen LogP contribution in [0.2, 0.25) is 0 Å². The number of phenolic OH excluding ortho intramolecular Hbond substituents is 1. The van der Waals surface area contributed by atoms with Crippen molar-refractivity contribution in [1.82, 2.24) is 31.9 Å². The number of thioether (sulfide) groups is 1. The summed E-state index contributed by atoms with van der Waals surface area (Å²) in [6, 6.07) is -4.01. The van der Waals surface area contributed by atoms with Crippen molar-refractivity contribution in [3.05, 3.63) is 29.8 Å². The molecule has 1 aromatic carbocycles. The van der Waals surface area contributed by atoms with Gasteiger partial charge in [0.25, 0.3) is 0 Å². The predicted molar refractivity (Wildman–Crippen MR) is 223 cm³/mol. The quantitative estimate of drug-likeness (QED) is 0.0308. The molecule has 0 saturated carbocycles. The monoisotopic (exact) mass is 886 g/mol. The standard InChI is InChI=1S/C37H58N8O13S2/c1-19(2)30(45-34(54)26(17-29(49)50)42-31(51)22(39)11-12-28(47)48)36(56)44-27(18-59)35(55)40-23(13-15-60-3)32(52)43-25(16-20-7-9-21(46)10-8-20)33(53)41-24(37(57)58)6-4-5-14-38/h7-10,19,22-27,30,46,59H,4-6,11-18,38-39H2,1-3H3,(H,40,55)(H,41,53)(H,42,51)(H,43,52)(H,44,56)(H,45,54)(H,47,48)(H,49,50)(H,57,58)/t22-,23-,24-,25-,26-,27-,30-/m0/s1. The van der Waals surface area contributed by atoms with Gasteiger partial charge in [0.1, 0.15) is 42.0 Å². The second kappa shape index (κ2) is 27.6. The van der Waals surface area contributed by atoms with Crippen LogP contribution in [0.4, 0.5) is 0 Å². The first kappa shape index (κ1) is 52.9. The molecule has 0 unspecified atom stereocenters. The highest BCUT2D eigenvalue weighted by Crippen LogP contribution is 2.13. The maximum atomic E-state index is 13.8. The summed E-state index contributed by atoms with van der Waals surface area (Å²) in [6.45, 7) is 3.40. The Hall–Kier alpha value is -5.13. The molecule has 0 bridgehead atoms. The maximum Gasteiger partial charge on any atom is 0.326 e. The second-order valence-corrected chi connectivity index (χ2v) is 15.5. The number of hydrogen-bond donors (Lipinski definition) is 13. The highest BCUT2D eigenvalue weighted by atomic mass is 32.2. The number of aliphatic carboxylic acids is 3. The molecule has 0 aromatic heterocycles. The number of nitrogens with one attached hydrogen (secondary N) is 6. The lowest BCUT2D eigenvalue weighted by atomic mass is 10.0. The fourth-order valence-corrected chi connectivity index (χ4v) is 6.19. The smallest absolute Gasteiger partial charge is 0.326 e. The number of phenols is 1. The van der Waals surface area contributed by atoms with Gasteiger partial charge in [0.2, 0.25) is 35.4 Å². The van der Waals surface area contributed by atoms with Crippen LogP contribution in [-0.2, 0) is 49.6 Å². The van der Waals surface area contributed by atoms with Gasteiger partial charge in [-0.15, -0.1) is 0 Å². The van der Waals surface area contributed by atoms with Crippen molar-refractivity contribution in [1.29, 1.82) is 0 Å². The molecule has 7 atom stereocenters. The molecule has 0 aliphatic heterocycles. The molecule has 1 aromatic rings. The van der Waals surface area contributed by atoms with E-state index >= 15 is 0 Å². The number of carboxylic acids is 3. The lowest BCUT2D eigenvalue weighted by Crippen LogP contribution is -2.61. The van der Waals surface area contributed by atoms with Gasteiger partial charge in [-0.05, 0) is 74.3 Å². The lowest BCUT2D eigenvalue weighted by Gasteiger charge is -2.28. The number of aromatic hydroxyl groups is 1. The maximum absolute atomic E-state index is 13.8. The van der Waals surface area contributed by atoms with Crippen molar-refractivity contribution < 1.29 is 63.6 Å². The average Bonchev–Trinajstić information content (AvgIpc) is 3.18. The van der Waals surface area contributed by atoms with Crippen LogP contribution in [0.5, 0.6) is 5.75 Å². The molecule has 14 N–H and O–H groups in total. The van der Waals surface area contributed by atoms with E-state index < -0.39 is 114 Å². The lowest BCUT2D eigenvalue weighted by molar-refractivity contribution is -0.142. The van der Waals surface area contributed by atoms with Gasteiger partial charge in [-0.2, -0.15) is 24.4 Å². The Labute approximate surface area is 357 Å².